The molecule has 1 heterocycles. The molecular weight excluding hydrogens is 213 g/mol. The van der Waals surface area contributed by atoms with Crippen LogP contribution < -0.4 is 0 Å². The second-order valence-corrected chi connectivity index (χ2v) is 4.86. The molecule has 0 saturated carbocycles. The number of hydrogen-bond donors (Lipinski definition) is 0. The number of rotatable bonds is 3. The Morgan fingerprint density at radius 2 is 1.94 bits per heavy atom. The highest BCUT2D eigenvalue weighted by molar-refractivity contribution is 7.17. The van der Waals surface area contributed by atoms with E-state index in [4.69, 9.17) is 0 Å². The number of likely N-dealkylation sites (tertiary alicyclic amines) is 1. The van der Waals surface area contributed by atoms with Gasteiger partial charge in [0.05, 0.1) is 0 Å². The van der Waals surface area contributed by atoms with E-state index in [-0.39, 0.29) is 0 Å². The molecule has 1 aliphatic heterocycles. The largest absolute Gasteiger partial charge is 0.374 e. The van der Waals surface area contributed by atoms with Crippen molar-refractivity contribution < 1.29 is 0 Å². The summed E-state index contributed by atoms with van der Waals surface area (Å²) >= 11 is 0. The van der Waals surface area contributed by atoms with Crippen molar-refractivity contribution in [1.29, 1.82) is 0 Å². The van der Waals surface area contributed by atoms with Crippen molar-refractivity contribution in [2.75, 3.05) is 13.1 Å². The molecule has 1 unspecified atom stereocenters. The maximum Gasteiger partial charge on any atom is 0.0238 e. The van der Waals surface area contributed by atoms with Gasteiger partial charge in [0.2, 0.25) is 0 Å². The average molecular weight is 239 g/mol. The minimum atomic E-state index is 0.767. The molecule has 0 N–H and O–H groups in total. The standard InChI is InChI=1S/C12H20NP.C2H6/c1-4-10(2)5-6-11(3)13-8-7-12(14)9-13;1-2/h4-6,12H,1,7-9,14H2,2-3H3;1-2H3/b10-5-,11-6+;/t12-;/m1./s1. The fraction of sp³-hybridized carbons (Fsp3) is 0.571. The van der Waals surface area contributed by atoms with E-state index in [9.17, 15) is 0 Å². The van der Waals surface area contributed by atoms with Crippen LogP contribution in [0.5, 0.6) is 0 Å². The summed E-state index contributed by atoms with van der Waals surface area (Å²) in [5.74, 6) is 0. The third-order valence-electron chi connectivity index (χ3n) is 2.63. The maximum absolute atomic E-state index is 3.73. The lowest BCUT2D eigenvalue weighted by molar-refractivity contribution is 0.429. The third-order valence-corrected chi connectivity index (χ3v) is 3.18. The van der Waals surface area contributed by atoms with Crippen LogP contribution in [0.1, 0.15) is 34.1 Å². The van der Waals surface area contributed by atoms with E-state index in [1.54, 1.807) is 0 Å². The van der Waals surface area contributed by atoms with E-state index in [1.165, 1.54) is 30.8 Å². The molecule has 92 valence electrons. The van der Waals surface area contributed by atoms with Crippen molar-refractivity contribution in [1.82, 2.24) is 4.90 Å². The van der Waals surface area contributed by atoms with Crippen LogP contribution in [0.25, 0.3) is 0 Å². The highest BCUT2D eigenvalue weighted by Crippen LogP contribution is 2.20. The Balaban J connectivity index is 0.00000106. The van der Waals surface area contributed by atoms with E-state index in [0.717, 1.165) is 5.66 Å². The molecule has 1 rings (SSSR count). The first kappa shape index (κ1) is 15.4. The predicted octanol–water partition coefficient (Wildman–Crippen LogP) is 4.00. The molecule has 0 bridgehead atoms. The molecule has 2 atom stereocenters. The Kier molecular flexibility index (Phi) is 8.29. The van der Waals surface area contributed by atoms with Crippen molar-refractivity contribution in [3.05, 3.63) is 36.1 Å². The SMILES string of the molecule is C=C/C(C)=C\C=C(/C)N1CC[C@@H](P)C1.CC. The van der Waals surface area contributed by atoms with Crippen molar-refractivity contribution in [2.45, 2.75) is 39.8 Å². The van der Waals surface area contributed by atoms with Gasteiger partial charge in [-0.15, -0.1) is 9.24 Å². The normalized spacial score (nSPS) is 21.6. The Morgan fingerprint density at radius 1 is 1.31 bits per heavy atom. The molecule has 1 aliphatic rings. The number of nitrogens with zero attached hydrogens (tertiary/aromatic N) is 1. The van der Waals surface area contributed by atoms with E-state index < -0.39 is 0 Å². The van der Waals surface area contributed by atoms with E-state index in [0.29, 0.717) is 0 Å². The summed E-state index contributed by atoms with van der Waals surface area (Å²) in [6.45, 7) is 14.3. The Morgan fingerprint density at radius 3 is 2.38 bits per heavy atom. The summed E-state index contributed by atoms with van der Waals surface area (Å²) in [5.41, 5.74) is 3.34. The zero-order valence-corrected chi connectivity index (χ0v) is 12.3. The van der Waals surface area contributed by atoms with Gasteiger partial charge in [0, 0.05) is 18.8 Å². The summed E-state index contributed by atoms with van der Waals surface area (Å²) in [7, 11) is 2.91. The number of allylic oxidation sites excluding steroid dienone is 5. The lowest BCUT2D eigenvalue weighted by Crippen LogP contribution is -2.18. The average Bonchev–Trinajstić information content (AvgIpc) is 2.75. The van der Waals surface area contributed by atoms with Crippen LogP contribution in [0.3, 0.4) is 0 Å². The molecule has 0 aromatic rings. The van der Waals surface area contributed by atoms with Crippen LogP contribution in [0.15, 0.2) is 36.1 Å². The van der Waals surface area contributed by atoms with Crippen LogP contribution in [0.2, 0.25) is 0 Å². The van der Waals surface area contributed by atoms with Gasteiger partial charge in [-0.1, -0.05) is 38.2 Å². The molecule has 0 aromatic heterocycles. The van der Waals surface area contributed by atoms with Gasteiger partial charge in [0.1, 0.15) is 0 Å². The van der Waals surface area contributed by atoms with Gasteiger partial charge in [-0.2, -0.15) is 0 Å². The van der Waals surface area contributed by atoms with Crippen LogP contribution in [-0.2, 0) is 0 Å². The molecule has 2 heteroatoms. The minimum Gasteiger partial charge on any atom is -0.374 e. The molecule has 0 aliphatic carbocycles. The third kappa shape index (κ3) is 5.51. The molecule has 0 spiro atoms. The maximum atomic E-state index is 3.73. The lowest BCUT2D eigenvalue weighted by atomic mass is 10.2. The molecule has 16 heavy (non-hydrogen) atoms. The van der Waals surface area contributed by atoms with E-state index in [2.05, 4.69) is 46.7 Å². The summed E-state index contributed by atoms with van der Waals surface area (Å²) in [6, 6.07) is 0. The molecule has 1 nitrogen and oxygen atoms in total. The summed E-state index contributed by atoms with van der Waals surface area (Å²) in [6.07, 6.45) is 7.48. The zero-order chi connectivity index (χ0) is 12.6. The topological polar surface area (TPSA) is 3.24 Å². The first-order chi connectivity index (χ1) is 7.63. The van der Waals surface area contributed by atoms with Crippen molar-refractivity contribution in [2.24, 2.45) is 0 Å². The molecule has 0 aromatic carbocycles. The molecule has 0 radical (unpaired) electrons. The van der Waals surface area contributed by atoms with Crippen LogP contribution in [-0.4, -0.2) is 23.6 Å². The fourth-order valence-corrected chi connectivity index (χ4v) is 1.94. The van der Waals surface area contributed by atoms with Gasteiger partial charge >= 0.3 is 0 Å². The van der Waals surface area contributed by atoms with Crippen molar-refractivity contribution >= 4 is 9.24 Å². The number of hydrogen-bond acceptors (Lipinski definition) is 1. The van der Waals surface area contributed by atoms with Gasteiger partial charge in [-0.25, -0.2) is 0 Å². The van der Waals surface area contributed by atoms with Gasteiger partial charge in [0.25, 0.3) is 0 Å². The first-order valence-corrected chi connectivity index (χ1v) is 6.78. The second kappa shape index (κ2) is 8.58. The fourth-order valence-electron chi connectivity index (χ4n) is 1.53. The highest BCUT2D eigenvalue weighted by atomic mass is 31.0. The highest BCUT2D eigenvalue weighted by Gasteiger charge is 2.17. The predicted molar refractivity (Wildman–Crippen MR) is 78.7 cm³/mol. The Hall–Kier alpha value is -0.550. The Labute approximate surface area is 104 Å². The van der Waals surface area contributed by atoms with Gasteiger partial charge < -0.3 is 4.90 Å². The molecule has 0 amide bonds. The molecule has 1 saturated heterocycles. The quantitative estimate of drug-likeness (QED) is 0.531. The monoisotopic (exact) mass is 239 g/mol. The Bertz CT molecular complexity index is 266. The molecular formula is C14H26NP. The van der Waals surface area contributed by atoms with Crippen LogP contribution in [0, 0.1) is 0 Å². The molecule has 1 fully saturated rings. The summed E-state index contributed by atoms with van der Waals surface area (Å²) in [4.78, 5) is 2.44. The minimum absolute atomic E-state index is 0.767. The van der Waals surface area contributed by atoms with Gasteiger partial charge in [0.15, 0.2) is 0 Å². The zero-order valence-electron chi connectivity index (χ0n) is 11.2. The van der Waals surface area contributed by atoms with Crippen molar-refractivity contribution in [3.63, 3.8) is 0 Å². The van der Waals surface area contributed by atoms with E-state index in [1.807, 2.05) is 19.9 Å². The van der Waals surface area contributed by atoms with Crippen molar-refractivity contribution in [3.8, 4) is 0 Å². The summed E-state index contributed by atoms with van der Waals surface area (Å²) in [5, 5.41) is 0. The van der Waals surface area contributed by atoms with Crippen LogP contribution >= 0.6 is 9.24 Å². The summed E-state index contributed by atoms with van der Waals surface area (Å²) < 4.78 is 0. The lowest BCUT2D eigenvalue weighted by Gasteiger charge is -2.18. The second-order valence-electron chi connectivity index (χ2n) is 3.92. The first-order valence-electron chi connectivity index (χ1n) is 6.11. The van der Waals surface area contributed by atoms with E-state index >= 15 is 0 Å². The van der Waals surface area contributed by atoms with Gasteiger partial charge in [-0.3, -0.25) is 0 Å². The van der Waals surface area contributed by atoms with Crippen LogP contribution in [0.4, 0.5) is 0 Å². The smallest absolute Gasteiger partial charge is 0.0238 e. The van der Waals surface area contributed by atoms with Gasteiger partial charge in [-0.05, 0) is 32.0 Å².